The average molecular weight is 209 g/mol. The minimum absolute atomic E-state index is 0.126. The van der Waals surface area contributed by atoms with Crippen LogP contribution in [-0.2, 0) is 0 Å². The highest BCUT2D eigenvalue weighted by Crippen LogP contribution is 2.16. The van der Waals surface area contributed by atoms with Crippen molar-refractivity contribution < 1.29 is 15.0 Å². The van der Waals surface area contributed by atoms with Crippen LogP contribution in [0.5, 0.6) is 0 Å². The van der Waals surface area contributed by atoms with Gasteiger partial charge in [-0.3, -0.25) is 0 Å². The molecule has 0 radical (unpaired) electrons. The van der Waals surface area contributed by atoms with Crippen LogP contribution in [-0.4, -0.2) is 22.8 Å². The largest absolute Gasteiger partial charge is 0.478 e. The first-order chi connectivity index (χ1) is 7.15. The zero-order chi connectivity index (χ0) is 11.3. The van der Waals surface area contributed by atoms with E-state index in [9.17, 15) is 4.79 Å². The summed E-state index contributed by atoms with van der Waals surface area (Å²) in [6.45, 7) is 0.126. The van der Waals surface area contributed by atoms with Gasteiger partial charge in [0.15, 0.2) is 0 Å². The van der Waals surface area contributed by atoms with Gasteiger partial charge in [-0.05, 0) is 30.5 Å². The van der Waals surface area contributed by atoms with Crippen LogP contribution in [0.3, 0.4) is 0 Å². The van der Waals surface area contributed by atoms with Crippen molar-refractivity contribution in [3.63, 3.8) is 0 Å². The smallest absolute Gasteiger partial charge is 0.335 e. The number of hydrogen-bond acceptors (Lipinski definition) is 3. The number of rotatable bonds is 5. The summed E-state index contributed by atoms with van der Waals surface area (Å²) >= 11 is 0. The van der Waals surface area contributed by atoms with Crippen LogP contribution in [0.1, 0.15) is 34.8 Å². The van der Waals surface area contributed by atoms with Gasteiger partial charge in [0.25, 0.3) is 0 Å². The average Bonchev–Trinajstić information content (AvgIpc) is 2.26. The third-order valence-electron chi connectivity index (χ3n) is 2.26. The van der Waals surface area contributed by atoms with Crippen LogP contribution in [0.25, 0.3) is 0 Å². The highest BCUT2D eigenvalue weighted by Gasteiger charge is 2.07. The molecule has 4 heteroatoms. The number of aliphatic hydroxyl groups is 1. The second-order valence-electron chi connectivity index (χ2n) is 3.40. The standard InChI is InChI=1S/C11H15NO3/c12-10(2-1-7-13)8-3-5-9(6-4-8)11(14)15/h3-6,10,13H,1-2,7,12H2,(H,14,15)/t10-/m0/s1. The molecule has 1 atom stereocenters. The van der Waals surface area contributed by atoms with Crippen molar-refractivity contribution >= 4 is 5.97 Å². The van der Waals surface area contributed by atoms with Crippen LogP contribution in [0.4, 0.5) is 0 Å². The Kier molecular flexibility index (Phi) is 4.27. The van der Waals surface area contributed by atoms with E-state index in [-0.39, 0.29) is 18.2 Å². The molecule has 4 N–H and O–H groups in total. The number of carboxylic acid groups (broad SMARTS) is 1. The van der Waals surface area contributed by atoms with Gasteiger partial charge in [0.1, 0.15) is 0 Å². The van der Waals surface area contributed by atoms with Crippen molar-refractivity contribution in [2.75, 3.05) is 6.61 Å². The molecule has 0 aliphatic rings. The Morgan fingerprint density at radius 2 is 1.93 bits per heavy atom. The normalized spacial score (nSPS) is 12.4. The Balaban J connectivity index is 2.66. The van der Waals surface area contributed by atoms with Gasteiger partial charge in [0, 0.05) is 12.6 Å². The molecule has 0 fully saturated rings. The molecule has 0 aliphatic heterocycles. The zero-order valence-corrected chi connectivity index (χ0v) is 8.39. The minimum atomic E-state index is -0.939. The summed E-state index contributed by atoms with van der Waals surface area (Å²) in [6, 6.07) is 6.37. The Morgan fingerprint density at radius 1 is 1.33 bits per heavy atom. The van der Waals surface area contributed by atoms with E-state index < -0.39 is 5.97 Å². The molecule has 0 spiro atoms. The van der Waals surface area contributed by atoms with Crippen molar-refractivity contribution in [1.82, 2.24) is 0 Å². The predicted octanol–water partition coefficient (Wildman–Crippen LogP) is 1.16. The second kappa shape index (κ2) is 5.48. The van der Waals surface area contributed by atoms with E-state index in [0.717, 1.165) is 5.56 Å². The molecular formula is C11H15NO3. The topological polar surface area (TPSA) is 83.5 Å². The van der Waals surface area contributed by atoms with E-state index in [1.165, 1.54) is 12.1 Å². The minimum Gasteiger partial charge on any atom is -0.478 e. The molecule has 1 aromatic rings. The maximum absolute atomic E-state index is 10.6. The van der Waals surface area contributed by atoms with Gasteiger partial charge in [0.05, 0.1) is 5.56 Å². The molecule has 0 aromatic heterocycles. The van der Waals surface area contributed by atoms with Crippen molar-refractivity contribution in [2.24, 2.45) is 5.73 Å². The van der Waals surface area contributed by atoms with Gasteiger partial charge < -0.3 is 15.9 Å². The SMILES string of the molecule is N[C@@H](CCCO)c1ccc(C(=O)O)cc1. The molecule has 4 nitrogen and oxygen atoms in total. The Hall–Kier alpha value is -1.39. The van der Waals surface area contributed by atoms with Crippen molar-refractivity contribution in [2.45, 2.75) is 18.9 Å². The molecule has 1 rings (SSSR count). The number of carbonyl (C=O) groups is 1. The molecule has 0 saturated carbocycles. The number of carboxylic acids is 1. The molecule has 15 heavy (non-hydrogen) atoms. The molecule has 1 aromatic carbocycles. The fraction of sp³-hybridized carbons (Fsp3) is 0.364. The zero-order valence-electron chi connectivity index (χ0n) is 8.39. The third kappa shape index (κ3) is 3.34. The first-order valence-corrected chi connectivity index (χ1v) is 4.85. The van der Waals surface area contributed by atoms with E-state index >= 15 is 0 Å². The maximum atomic E-state index is 10.6. The highest BCUT2D eigenvalue weighted by molar-refractivity contribution is 5.87. The van der Waals surface area contributed by atoms with Crippen LogP contribution >= 0.6 is 0 Å². The second-order valence-corrected chi connectivity index (χ2v) is 3.40. The Labute approximate surface area is 88.3 Å². The quantitative estimate of drug-likeness (QED) is 0.679. The summed E-state index contributed by atoms with van der Waals surface area (Å²) < 4.78 is 0. The number of hydrogen-bond donors (Lipinski definition) is 3. The van der Waals surface area contributed by atoms with Gasteiger partial charge in [-0.15, -0.1) is 0 Å². The van der Waals surface area contributed by atoms with E-state index in [0.29, 0.717) is 12.8 Å². The fourth-order valence-electron chi connectivity index (χ4n) is 1.35. The third-order valence-corrected chi connectivity index (χ3v) is 2.26. The first kappa shape index (κ1) is 11.7. The molecule has 0 bridgehead atoms. The number of benzene rings is 1. The molecule has 0 aliphatic carbocycles. The van der Waals surface area contributed by atoms with Gasteiger partial charge >= 0.3 is 5.97 Å². The lowest BCUT2D eigenvalue weighted by molar-refractivity contribution is 0.0697. The molecular weight excluding hydrogens is 194 g/mol. The molecule has 82 valence electrons. The Bertz CT molecular complexity index is 321. The summed E-state index contributed by atoms with van der Waals surface area (Å²) in [7, 11) is 0. The van der Waals surface area contributed by atoms with Crippen LogP contribution in [0, 0.1) is 0 Å². The number of aromatic carboxylic acids is 1. The van der Waals surface area contributed by atoms with Crippen LogP contribution in [0.2, 0.25) is 0 Å². The lowest BCUT2D eigenvalue weighted by Gasteiger charge is -2.10. The maximum Gasteiger partial charge on any atom is 0.335 e. The fourth-order valence-corrected chi connectivity index (χ4v) is 1.35. The molecule has 0 saturated heterocycles. The van der Waals surface area contributed by atoms with E-state index in [4.69, 9.17) is 15.9 Å². The van der Waals surface area contributed by atoms with Gasteiger partial charge in [-0.25, -0.2) is 4.79 Å². The predicted molar refractivity (Wildman–Crippen MR) is 56.6 cm³/mol. The van der Waals surface area contributed by atoms with Crippen LogP contribution in [0.15, 0.2) is 24.3 Å². The van der Waals surface area contributed by atoms with Gasteiger partial charge in [-0.2, -0.15) is 0 Å². The first-order valence-electron chi connectivity index (χ1n) is 4.85. The number of aliphatic hydroxyl groups excluding tert-OH is 1. The van der Waals surface area contributed by atoms with E-state index in [1.54, 1.807) is 12.1 Å². The number of nitrogens with two attached hydrogens (primary N) is 1. The summed E-state index contributed by atoms with van der Waals surface area (Å²) in [5, 5.41) is 17.3. The molecule has 0 unspecified atom stereocenters. The van der Waals surface area contributed by atoms with E-state index in [1.807, 2.05) is 0 Å². The highest BCUT2D eigenvalue weighted by atomic mass is 16.4. The Morgan fingerprint density at radius 3 is 2.40 bits per heavy atom. The summed E-state index contributed by atoms with van der Waals surface area (Å²) in [4.78, 5) is 10.6. The van der Waals surface area contributed by atoms with Crippen molar-refractivity contribution in [3.8, 4) is 0 Å². The summed E-state index contributed by atoms with van der Waals surface area (Å²) in [6.07, 6.45) is 1.35. The lowest BCUT2D eigenvalue weighted by atomic mass is 10.0. The summed E-state index contributed by atoms with van der Waals surface area (Å²) in [5.74, 6) is -0.939. The molecule has 0 amide bonds. The van der Waals surface area contributed by atoms with Gasteiger partial charge in [-0.1, -0.05) is 12.1 Å². The summed E-state index contributed by atoms with van der Waals surface area (Å²) in [5.41, 5.74) is 7.00. The lowest BCUT2D eigenvalue weighted by Crippen LogP contribution is -2.11. The van der Waals surface area contributed by atoms with Crippen molar-refractivity contribution in [1.29, 1.82) is 0 Å². The van der Waals surface area contributed by atoms with Crippen LogP contribution < -0.4 is 5.73 Å². The molecule has 0 heterocycles. The van der Waals surface area contributed by atoms with Crippen molar-refractivity contribution in [3.05, 3.63) is 35.4 Å². The van der Waals surface area contributed by atoms with E-state index in [2.05, 4.69) is 0 Å². The monoisotopic (exact) mass is 209 g/mol. The van der Waals surface area contributed by atoms with Gasteiger partial charge in [0.2, 0.25) is 0 Å².